The minimum absolute atomic E-state index is 0. The summed E-state index contributed by atoms with van der Waals surface area (Å²) in [5.74, 6) is -2.89. The fraction of sp³-hybridized carbons (Fsp3) is 0.361. The van der Waals surface area contributed by atoms with Crippen LogP contribution in [0.1, 0.15) is 135 Å². The predicted molar refractivity (Wildman–Crippen MR) is 523 cm³/mol. The molecule has 8 aromatic carbocycles. The molecule has 3 saturated carbocycles. The lowest BCUT2D eigenvalue weighted by Gasteiger charge is -2.41. The number of ether oxygens (including phenoxy) is 4. The Morgan fingerprint density at radius 1 is 0.424 bits per heavy atom. The average Bonchev–Trinajstić information content (AvgIpc) is 0.766. The molecule has 0 bridgehead atoms. The second-order valence-electron chi connectivity index (χ2n) is 33.5. The highest BCUT2D eigenvalue weighted by Crippen LogP contribution is 2.47. The van der Waals surface area contributed by atoms with Gasteiger partial charge in [-0.15, -0.1) is 0 Å². The number of carboxylic acid groups (broad SMARTS) is 2. The van der Waals surface area contributed by atoms with Crippen molar-refractivity contribution in [3.63, 3.8) is 0 Å². The van der Waals surface area contributed by atoms with E-state index in [4.69, 9.17) is 38.7 Å². The van der Waals surface area contributed by atoms with E-state index in [1.165, 1.54) is 114 Å². The number of likely N-dealkylation sites (N-methyl/N-ethyl adjacent to an activating group) is 3. The molecule has 9 atom stereocenters. The summed E-state index contributed by atoms with van der Waals surface area (Å²) in [4.78, 5) is 43.9. The lowest BCUT2D eigenvalue weighted by Crippen LogP contribution is -2.47. The van der Waals surface area contributed by atoms with Crippen LogP contribution in [0.2, 0.25) is 0 Å². The van der Waals surface area contributed by atoms with Gasteiger partial charge in [0.05, 0.1) is 75.3 Å². The maximum atomic E-state index is 16.0. The number of hydrogen-bond donors (Lipinski definition) is 8. The first kappa shape index (κ1) is 116. The molecule has 0 radical (unpaired) electrons. The fourth-order valence-corrected chi connectivity index (χ4v) is 21.8. The van der Waals surface area contributed by atoms with Gasteiger partial charge in [-0.3, -0.25) is 14.3 Å². The SMILES string of the molecule is C.C.CN(C)[C@H]1C[C@@H](c2cccc(C(F)(F)F)c2)CC[C@@H]1Nc1cc(F)c(S(=O)(=O)Nc2ccncn2)cc1O.COc1ccc(CN(c2ccncn2)S(=O)(=O)c2cc(Br)c(N[C@H]3CC[C@H](c4cccc(C(F)(F)F)c4)C[C@@H]3N(C)C)cc2F)c(OC)c1.COc1ccc(CN(c2ccncn2)S(=O)(=O)c2cc(O)c(N[C@H]3CC[C@H](c4cccc(C(F)(F)F)c4)C[C@@H]3N(C)C)cc2F)c(OC)c1.O=CO.O=CO. The number of benzene rings is 8. The lowest BCUT2D eigenvalue weighted by atomic mass is 9.78. The molecule has 3 heterocycles. The zero-order valence-corrected chi connectivity index (χ0v) is 82.0. The Kier molecular flexibility index (Phi) is 41.1. The first-order valence-electron chi connectivity index (χ1n) is 43.4. The highest BCUT2D eigenvalue weighted by Gasteiger charge is 2.42. The van der Waals surface area contributed by atoms with E-state index in [-0.39, 0.29) is 124 Å². The highest BCUT2D eigenvalue weighted by atomic mass is 79.9. The molecule has 8 N–H and O–H groups in total. The highest BCUT2D eigenvalue weighted by molar-refractivity contribution is 9.10. The van der Waals surface area contributed by atoms with Gasteiger partial charge in [0.2, 0.25) is 0 Å². The molecule has 3 aliphatic carbocycles. The third-order valence-corrected chi connectivity index (χ3v) is 29.7. The Hall–Kier alpha value is -13.1. The van der Waals surface area contributed by atoms with Gasteiger partial charge in [-0.2, -0.15) is 39.5 Å². The average molecular weight is 2150 g/mol. The van der Waals surface area contributed by atoms with E-state index >= 15 is 8.78 Å². The van der Waals surface area contributed by atoms with Crippen LogP contribution in [0, 0.1) is 17.5 Å². The molecule has 14 rings (SSSR count). The molecule has 11 aromatic rings. The second-order valence-corrected chi connectivity index (χ2v) is 39.7. The summed E-state index contributed by atoms with van der Waals surface area (Å²) in [6, 6.07) is 34.5. The number of rotatable bonds is 29. The van der Waals surface area contributed by atoms with E-state index in [1.54, 1.807) is 54.6 Å². The number of alkyl halides is 9. The van der Waals surface area contributed by atoms with Crippen molar-refractivity contribution in [2.24, 2.45) is 0 Å². The Balaban J connectivity index is 0.000000257. The van der Waals surface area contributed by atoms with Crippen molar-refractivity contribution in [1.29, 1.82) is 0 Å². The molecule has 0 saturated heterocycles. The molecule has 0 unspecified atom stereocenters. The van der Waals surface area contributed by atoms with Gasteiger partial charge in [0.15, 0.2) is 0 Å². The number of nitrogens with one attached hydrogen (secondary N) is 4. The van der Waals surface area contributed by atoms with E-state index in [9.17, 15) is 79.4 Å². The van der Waals surface area contributed by atoms with Crippen molar-refractivity contribution in [1.82, 2.24) is 44.6 Å². The van der Waals surface area contributed by atoms with E-state index in [1.807, 2.05) is 57.0 Å². The summed E-state index contributed by atoms with van der Waals surface area (Å²) < 4.78 is 274. The summed E-state index contributed by atoms with van der Waals surface area (Å²) in [5.41, 5.74) is 0.997. The van der Waals surface area contributed by atoms with Crippen LogP contribution in [0.3, 0.4) is 0 Å². The van der Waals surface area contributed by atoms with Gasteiger partial charge in [0.1, 0.15) is 103 Å². The fourth-order valence-electron chi connectivity index (χ4n) is 17.1. The topological polar surface area (TPSA) is 396 Å². The summed E-state index contributed by atoms with van der Waals surface area (Å²) in [6.07, 6.45) is -0.836. The first-order chi connectivity index (χ1) is 67.1. The molecule has 780 valence electrons. The van der Waals surface area contributed by atoms with E-state index in [2.05, 4.69) is 66.5 Å². The number of methoxy groups -OCH3 is 4. The van der Waals surface area contributed by atoms with Crippen LogP contribution in [-0.4, -0.2) is 210 Å². The van der Waals surface area contributed by atoms with Gasteiger partial charge in [-0.25, -0.2) is 76.9 Å². The number of sulfonamides is 3. The molecule has 47 heteroatoms. The molecule has 0 aliphatic heterocycles. The number of anilines is 6. The zero-order chi connectivity index (χ0) is 104. The van der Waals surface area contributed by atoms with Crippen LogP contribution in [-0.2, 0) is 71.3 Å². The van der Waals surface area contributed by atoms with Crippen LogP contribution in [0.25, 0.3) is 0 Å². The van der Waals surface area contributed by atoms with Gasteiger partial charge in [-0.05, 0) is 211 Å². The molecular weight excluding hydrogens is 2040 g/mol. The van der Waals surface area contributed by atoms with Gasteiger partial charge in [-0.1, -0.05) is 69.5 Å². The zero-order valence-electron chi connectivity index (χ0n) is 77.9. The number of halogens is 13. The quantitative estimate of drug-likeness (QED) is 0.0123. The number of nitrogens with zero attached hydrogens (tertiary/aromatic N) is 11. The van der Waals surface area contributed by atoms with Crippen LogP contribution < -0.4 is 48.2 Å². The van der Waals surface area contributed by atoms with Gasteiger partial charge in [0.25, 0.3) is 43.0 Å². The second kappa shape index (κ2) is 50.9. The standard InChI is InChI=1S/C34H36BrF4N5O4S.C34H37F4N5O5S.C25H27F4N5O3S.2CH2O2.2CH4/c1-43(2)30-15-22(21-6-5-7-24(14-21)34(37,38)39)9-11-28(30)42-29-18-27(36)32(17-26(29)35)49(45,46)44(33-12-13-40-20-41-33)19-23-8-10-25(47-3)16-31(23)48-4;1-42(2)29-15-22(21-6-5-7-24(14-21)34(36,37)38)9-11-27(29)41-28-17-26(35)32(18-30(28)44)49(45,46)43(33-12-13-39-20-40-33)19-23-8-10-25(47-3)16-31(23)48-4;1-34(2)21-11-16(15-4-3-5-17(10-15)25(27,28)29)6-7-19(21)32-20-12-18(26)23(13-22(20)35)38(36,37)33-24-8-9-30-14-31-24;2*2-1-3;;/h5-8,10,12-14,16-18,20,22,28,30,42H,9,11,15,19H2,1-4H3;5-8,10,12-14,16-18,20,22,27,29,41,44H,9,11,15,19H2,1-4H3;3-5,8-10,12-14,16,19,21,32,35H,6-7,11H2,1-2H3,(H,30,31,33);2*1H,(H,2,3);2*1H4/t22-,28-,30-;22-,27-,29-;16-,19-,21-;;;;/m000..../s1. The largest absolute Gasteiger partial charge is 0.506 e. The predicted octanol–water partition coefficient (Wildman–Crippen LogP) is 19.4. The number of aromatic nitrogens is 6. The normalized spacial score (nSPS) is 18.0. The molecule has 31 nitrogen and oxygen atoms in total. The summed E-state index contributed by atoms with van der Waals surface area (Å²) in [6.45, 7) is -1.03. The summed E-state index contributed by atoms with van der Waals surface area (Å²) in [7, 11) is 3.38. The number of carbonyl (C=O) groups is 2. The van der Waals surface area contributed by atoms with Gasteiger partial charge < -0.3 is 70.0 Å². The maximum absolute atomic E-state index is 16.0. The molecule has 0 spiro atoms. The molecule has 3 fully saturated rings. The van der Waals surface area contributed by atoms with Crippen molar-refractivity contribution in [2.45, 2.75) is 173 Å². The first-order valence-corrected chi connectivity index (χ1v) is 48.6. The lowest BCUT2D eigenvalue weighted by molar-refractivity contribution is -0.138. The van der Waals surface area contributed by atoms with Crippen molar-refractivity contribution >= 4 is 93.5 Å². The third kappa shape index (κ3) is 29.6. The third-order valence-electron chi connectivity index (χ3n) is 24.1. The molecule has 0 amide bonds. The monoisotopic (exact) mass is 2150 g/mol. The van der Waals surface area contributed by atoms with Crippen molar-refractivity contribution in [3.8, 4) is 34.5 Å². The number of phenolic OH excluding ortho intramolecular Hbond substituents is 2. The molecule has 144 heavy (non-hydrogen) atoms. The molecule has 3 aromatic heterocycles. The van der Waals surface area contributed by atoms with E-state index in [0.29, 0.717) is 119 Å². The van der Waals surface area contributed by atoms with E-state index in [0.717, 1.165) is 69.8 Å². The Bertz CT molecular complexity index is 6200. The Morgan fingerprint density at radius 2 is 0.750 bits per heavy atom. The van der Waals surface area contributed by atoms with Crippen molar-refractivity contribution in [2.75, 3.05) is 100 Å². The molecule has 3 aliphatic rings. The van der Waals surface area contributed by atoms with Crippen molar-refractivity contribution in [3.05, 3.63) is 268 Å². The van der Waals surface area contributed by atoms with Crippen molar-refractivity contribution < 1.29 is 127 Å². The number of hydrogen-bond acceptors (Lipinski definition) is 26. The molecular formula is C97H112BrF12N15O16S3. The van der Waals surface area contributed by atoms with Gasteiger partial charge in [0, 0.05) is 119 Å². The minimum Gasteiger partial charge on any atom is -0.506 e. The Morgan fingerprint density at radius 3 is 1.07 bits per heavy atom. The number of phenols is 2. The summed E-state index contributed by atoms with van der Waals surface area (Å²) in [5, 5.41) is 45.1. The van der Waals surface area contributed by atoms with Crippen LogP contribution in [0.5, 0.6) is 34.5 Å². The van der Waals surface area contributed by atoms with E-state index < -0.39 is 109 Å². The van der Waals surface area contributed by atoms with Crippen LogP contribution in [0.4, 0.5) is 87.2 Å². The van der Waals surface area contributed by atoms with Crippen LogP contribution in [0.15, 0.2) is 221 Å². The Labute approximate surface area is 835 Å². The summed E-state index contributed by atoms with van der Waals surface area (Å²) >= 11 is 3.45. The van der Waals surface area contributed by atoms with Gasteiger partial charge >= 0.3 is 18.5 Å². The number of aromatic hydroxyl groups is 2. The maximum Gasteiger partial charge on any atom is 0.416 e. The minimum atomic E-state index is -4.67. The smallest absolute Gasteiger partial charge is 0.416 e. The van der Waals surface area contributed by atoms with Crippen LogP contribution >= 0.6 is 15.9 Å².